The fraction of sp³-hybridized carbons (Fsp3) is 0.455. The molecule has 0 atom stereocenters. The molecule has 0 aliphatic rings. The van der Waals surface area contributed by atoms with Gasteiger partial charge in [-0.3, -0.25) is 4.79 Å². The van der Waals surface area contributed by atoms with E-state index in [1.807, 2.05) is 0 Å². The number of carbonyl (C=O) groups excluding carboxylic acids is 1. The van der Waals surface area contributed by atoms with Crippen molar-refractivity contribution in [2.24, 2.45) is 0 Å². The van der Waals surface area contributed by atoms with Gasteiger partial charge < -0.3 is 4.74 Å². The molecule has 0 amide bonds. The minimum atomic E-state index is -2.72. The maximum atomic E-state index is 12.7. The Hall–Kier alpha value is -0.750. The van der Waals surface area contributed by atoms with Crippen LogP contribution in [0.25, 0.3) is 0 Å². The molecule has 0 unspecified atom stereocenters. The van der Waals surface area contributed by atoms with E-state index in [4.69, 9.17) is 16.3 Å². The van der Waals surface area contributed by atoms with E-state index in [0.717, 1.165) is 0 Å². The van der Waals surface area contributed by atoms with E-state index in [-0.39, 0.29) is 29.1 Å². The number of carbonyl (C=O) groups is 1. The number of hydrogen-bond acceptors (Lipinski definition) is 3. The van der Waals surface area contributed by atoms with Gasteiger partial charge in [0.1, 0.15) is 5.69 Å². The Morgan fingerprint density at radius 1 is 1.61 bits per heavy atom. The zero-order valence-electron chi connectivity index (χ0n) is 9.55. The topological polar surface area (TPSA) is 39.2 Å². The summed E-state index contributed by atoms with van der Waals surface area (Å²) in [5.74, 6) is -0.428. The average molecular weight is 343 g/mol. The largest absolute Gasteiger partial charge is 0.466 e. The van der Waals surface area contributed by atoms with Crippen LogP contribution in [0.4, 0.5) is 8.78 Å². The Kier molecular flexibility index (Phi) is 5.95. The molecule has 100 valence electrons. The van der Waals surface area contributed by atoms with E-state index in [0.29, 0.717) is 5.56 Å². The van der Waals surface area contributed by atoms with Crippen LogP contribution >= 0.6 is 27.5 Å². The highest BCUT2D eigenvalue weighted by molar-refractivity contribution is 9.10. The van der Waals surface area contributed by atoms with Gasteiger partial charge in [-0.25, -0.2) is 13.8 Å². The van der Waals surface area contributed by atoms with Crippen molar-refractivity contribution in [1.29, 1.82) is 0 Å². The second-order valence-corrected chi connectivity index (χ2v) is 4.50. The van der Waals surface area contributed by atoms with Crippen LogP contribution in [-0.2, 0) is 21.8 Å². The zero-order valence-corrected chi connectivity index (χ0v) is 11.9. The maximum absolute atomic E-state index is 12.7. The minimum Gasteiger partial charge on any atom is -0.466 e. The van der Waals surface area contributed by atoms with Crippen molar-refractivity contribution in [3.05, 3.63) is 27.5 Å². The van der Waals surface area contributed by atoms with Gasteiger partial charge in [-0.2, -0.15) is 0 Å². The lowest BCUT2D eigenvalue weighted by atomic mass is 10.1. The molecule has 0 N–H and O–H groups in total. The summed E-state index contributed by atoms with van der Waals surface area (Å²) in [6.45, 7) is 1.90. The Morgan fingerprint density at radius 2 is 2.28 bits per heavy atom. The standard InChI is InChI=1S/C11H11BrClF2NO2/c1-2-18-9(17)4-8-6(5-13)3-7(12)10(16-8)11(14)15/h3,11H,2,4-5H2,1H3. The summed E-state index contributed by atoms with van der Waals surface area (Å²) >= 11 is 8.70. The SMILES string of the molecule is CCOC(=O)Cc1nc(C(F)F)c(Br)cc1CCl. The van der Waals surface area contributed by atoms with Crippen LogP contribution in [-0.4, -0.2) is 17.6 Å². The van der Waals surface area contributed by atoms with E-state index in [9.17, 15) is 13.6 Å². The number of pyridine rings is 1. The number of alkyl halides is 3. The molecule has 1 aromatic rings. The summed E-state index contributed by atoms with van der Waals surface area (Å²) in [5, 5.41) is 0. The molecule has 0 spiro atoms. The summed E-state index contributed by atoms with van der Waals surface area (Å²) < 4.78 is 30.3. The number of ether oxygens (including phenoxy) is 1. The van der Waals surface area contributed by atoms with E-state index in [2.05, 4.69) is 20.9 Å². The Morgan fingerprint density at radius 3 is 2.78 bits per heavy atom. The van der Waals surface area contributed by atoms with Gasteiger partial charge in [-0.15, -0.1) is 11.6 Å². The van der Waals surface area contributed by atoms with Crippen molar-refractivity contribution in [2.45, 2.75) is 25.7 Å². The van der Waals surface area contributed by atoms with Crippen molar-refractivity contribution >= 4 is 33.5 Å². The lowest BCUT2D eigenvalue weighted by Gasteiger charge is -2.10. The fourth-order valence-corrected chi connectivity index (χ4v) is 2.12. The van der Waals surface area contributed by atoms with Gasteiger partial charge in [0.2, 0.25) is 0 Å². The first-order valence-corrected chi connectivity index (χ1v) is 6.50. The molecule has 0 bridgehead atoms. The number of nitrogens with zero attached hydrogens (tertiary/aromatic N) is 1. The Labute approximate surface area is 117 Å². The highest BCUT2D eigenvalue weighted by atomic mass is 79.9. The third-order valence-corrected chi connectivity index (χ3v) is 3.06. The molecule has 1 aromatic heterocycles. The summed E-state index contributed by atoms with van der Waals surface area (Å²) in [4.78, 5) is 15.1. The summed E-state index contributed by atoms with van der Waals surface area (Å²) in [6.07, 6.45) is -2.88. The van der Waals surface area contributed by atoms with Crippen molar-refractivity contribution in [3.63, 3.8) is 0 Å². The van der Waals surface area contributed by atoms with Crippen molar-refractivity contribution < 1.29 is 18.3 Å². The van der Waals surface area contributed by atoms with Gasteiger partial charge in [0.05, 0.1) is 18.7 Å². The first kappa shape index (κ1) is 15.3. The first-order valence-electron chi connectivity index (χ1n) is 5.17. The molecule has 1 heterocycles. The second kappa shape index (κ2) is 6.99. The fourth-order valence-electron chi connectivity index (χ4n) is 1.35. The van der Waals surface area contributed by atoms with Crippen molar-refractivity contribution in [1.82, 2.24) is 4.98 Å². The van der Waals surface area contributed by atoms with Crippen LogP contribution in [0, 0.1) is 0 Å². The predicted octanol–water partition coefficient (Wildman–Crippen LogP) is 3.63. The molecule has 7 heteroatoms. The lowest BCUT2D eigenvalue weighted by Crippen LogP contribution is -2.12. The normalized spacial score (nSPS) is 10.8. The summed E-state index contributed by atoms with van der Waals surface area (Å²) in [7, 11) is 0. The molecule has 0 fully saturated rings. The highest BCUT2D eigenvalue weighted by Gasteiger charge is 2.19. The quantitative estimate of drug-likeness (QED) is 0.606. The van der Waals surface area contributed by atoms with Gasteiger partial charge in [-0.05, 0) is 34.5 Å². The maximum Gasteiger partial charge on any atom is 0.311 e. The van der Waals surface area contributed by atoms with Gasteiger partial charge >= 0.3 is 5.97 Å². The molecular formula is C11H11BrClF2NO2. The van der Waals surface area contributed by atoms with Gasteiger partial charge in [-0.1, -0.05) is 0 Å². The number of rotatable bonds is 5. The molecule has 0 aliphatic heterocycles. The minimum absolute atomic E-state index is 0.0872. The van der Waals surface area contributed by atoms with E-state index < -0.39 is 18.1 Å². The molecule has 3 nitrogen and oxygen atoms in total. The molecule has 0 saturated carbocycles. The van der Waals surface area contributed by atoms with E-state index in [1.165, 1.54) is 6.07 Å². The number of halogens is 4. The third kappa shape index (κ3) is 3.88. The molecule has 0 aromatic carbocycles. The molecular weight excluding hydrogens is 331 g/mol. The molecule has 1 rings (SSSR count). The lowest BCUT2D eigenvalue weighted by molar-refractivity contribution is -0.142. The van der Waals surface area contributed by atoms with Gasteiger partial charge in [0, 0.05) is 10.4 Å². The van der Waals surface area contributed by atoms with Crippen molar-refractivity contribution in [2.75, 3.05) is 6.61 Å². The molecule has 0 radical (unpaired) electrons. The van der Waals surface area contributed by atoms with Crippen LogP contribution in [0.15, 0.2) is 10.5 Å². The summed E-state index contributed by atoms with van der Waals surface area (Å²) in [6, 6.07) is 1.45. The van der Waals surface area contributed by atoms with E-state index in [1.54, 1.807) is 6.92 Å². The highest BCUT2D eigenvalue weighted by Crippen LogP contribution is 2.28. The van der Waals surface area contributed by atoms with Gasteiger partial charge in [0.25, 0.3) is 6.43 Å². The zero-order chi connectivity index (χ0) is 13.7. The van der Waals surface area contributed by atoms with Crippen LogP contribution in [0.1, 0.15) is 30.3 Å². The number of esters is 1. The van der Waals surface area contributed by atoms with E-state index >= 15 is 0 Å². The molecule has 0 saturated heterocycles. The predicted molar refractivity (Wildman–Crippen MR) is 66.8 cm³/mol. The third-order valence-electron chi connectivity index (χ3n) is 2.14. The molecule has 18 heavy (non-hydrogen) atoms. The smallest absolute Gasteiger partial charge is 0.311 e. The summed E-state index contributed by atoms with van der Waals surface area (Å²) in [5.41, 5.74) is 0.353. The monoisotopic (exact) mass is 341 g/mol. The Balaban J connectivity index is 3.08. The first-order chi connectivity index (χ1) is 8.49. The number of hydrogen-bond donors (Lipinski definition) is 0. The second-order valence-electron chi connectivity index (χ2n) is 3.38. The van der Waals surface area contributed by atoms with Gasteiger partial charge in [0.15, 0.2) is 0 Å². The number of aromatic nitrogens is 1. The average Bonchev–Trinajstić information content (AvgIpc) is 2.30. The molecule has 0 aliphatic carbocycles. The van der Waals surface area contributed by atoms with Crippen LogP contribution in [0.5, 0.6) is 0 Å². The van der Waals surface area contributed by atoms with Crippen LogP contribution < -0.4 is 0 Å². The van der Waals surface area contributed by atoms with Crippen LogP contribution in [0.3, 0.4) is 0 Å². The Bertz CT molecular complexity index is 443. The van der Waals surface area contributed by atoms with Crippen molar-refractivity contribution in [3.8, 4) is 0 Å². The van der Waals surface area contributed by atoms with Crippen LogP contribution in [0.2, 0.25) is 0 Å².